The first kappa shape index (κ1) is 27.8. The molecule has 2 aromatic heterocycles. The monoisotopic (exact) mass is 583 g/mol. The number of nitrogens with zero attached hydrogens (tertiary/aromatic N) is 4. The Bertz CT molecular complexity index is 1590. The minimum absolute atomic E-state index is 0.0970. The maximum absolute atomic E-state index is 7.00. The average Bonchev–Trinajstić information content (AvgIpc) is 3.46. The lowest BCUT2D eigenvalue weighted by atomic mass is 9.96. The third-order valence-corrected chi connectivity index (χ3v) is 9.65. The van der Waals surface area contributed by atoms with E-state index in [2.05, 4.69) is 103 Å². The maximum atomic E-state index is 7.00. The van der Waals surface area contributed by atoms with E-state index in [1.807, 2.05) is 18.3 Å². The number of benzene rings is 2. The predicted octanol–water partition coefficient (Wildman–Crippen LogP) is 8.17. The molecule has 0 radical (unpaired) electrons. The van der Waals surface area contributed by atoms with Gasteiger partial charge in [-0.25, -0.2) is 0 Å². The van der Waals surface area contributed by atoms with E-state index < -0.39 is 0 Å². The van der Waals surface area contributed by atoms with Crippen molar-refractivity contribution in [2.24, 2.45) is 5.92 Å². The number of piperidine rings is 1. The maximum Gasteiger partial charge on any atom is 0.174 e. The molecule has 0 bridgehead atoms. The molecule has 4 aromatic rings. The second-order valence-electron chi connectivity index (χ2n) is 11.7. The van der Waals surface area contributed by atoms with Crippen LogP contribution in [0.2, 0.25) is 5.02 Å². The van der Waals surface area contributed by atoms with Crippen LogP contribution in [0, 0.1) is 33.6 Å². The van der Waals surface area contributed by atoms with Crippen LogP contribution in [0.1, 0.15) is 65.6 Å². The Morgan fingerprint density at radius 1 is 0.927 bits per heavy atom. The molecule has 212 valence electrons. The third kappa shape index (κ3) is 5.02. The van der Waals surface area contributed by atoms with E-state index in [9.17, 15) is 0 Å². The lowest BCUT2D eigenvalue weighted by Gasteiger charge is -2.33. The summed E-state index contributed by atoms with van der Waals surface area (Å²) in [7, 11) is 0. The summed E-state index contributed by atoms with van der Waals surface area (Å²) >= 11 is 13.0. The smallest absolute Gasteiger partial charge is 0.174 e. The lowest BCUT2D eigenvalue weighted by molar-refractivity contribution is 0.438. The highest BCUT2D eigenvalue weighted by Crippen LogP contribution is 2.45. The summed E-state index contributed by atoms with van der Waals surface area (Å²) in [4.78, 5) is 9.40. The molecular weight excluding hydrogens is 546 g/mol. The van der Waals surface area contributed by atoms with E-state index in [1.54, 1.807) is 0 Å². The molecule has 2 fully saturated rings. The molecule has 0 aliphatic carbocycles. The van der Waals surface area contributed by atoms with Gasteiger partial charge in [-0.15, -0.1) is 0 Å². The highest BCUT2D eigenvalue weighted by Gasteiger charge is 2.42. The fourth-order valence-corrected chi connectivity index (χ4v) is 7.18. The molecule has 41 heavy (non-hydrogen) atoms. The Kier molecular flexibility index (Phi) is 7.56. The van der Waals surface area contributed by atoms with E-state index in [0.29, 0.717) is 5.11 Å². The molecule has 5 nitrogen and oxygen atoms in total. The van der Waals surface area contributed by atoms with Crippen molar-refractivity contribution < 1.29 is 0 Å². The Morgan fingerprint density at radius 3 is 2.41 bits per heavy atom. The number of aryl methyl sites for hydroxylation is 2. The highest BCUT2D eigenvalue weighted by molar-refractivity contribution is 7.80. The van der Waals surface area contributed by atoms with Crippen molar-refractivity contribution in [3.05, 3.63) is 106 Å². The number of nitrogens with one attached hydrogen (secondary N) is 1. The summed E-state index contributed by atoms with van der Waals surface area (Å²) in [6.45, 7) is 13.2. The van der Waals surface area contributed by atoms with Gasteiger partial charge in [-0.1, -0.05) is 36.7 Å². The van der Waals surface area contributed by atoms with Gasteiger partial charge < -0.3 is 19.7 Å². The second kappa shape index (κ2) is 11.1. The van der Waals surface area contributed by atoms with Crippen molar-refractivity contribution in [2.75, 3.05) is 22.9 Å². The Morgan fingerprint density at radius 2 is 1.71 bits per heavy atom. The zero-order valence-corrected chi connectivity index (χ0v) is 26.1. The van der Waals surface area contributed by atoms with Crippen molar-refractivity contribution in [3.63, 3.8) is 0 Å². The molecule has 6 rings (SSSR count). The number of anilines is 2. The van der Waals surface area contributed by atoms with Gasteiger partial charge in [-0.3, -0.25) is 4.98 Å². The van der Waals surface area contributed by atoms with E-state index in [0.717, 1.165) is 41.1 Å². The van der Waals surface area contributed by atoms with Gasteiger partial charge in [-0.05, 0) is 118 Å². The first-order valence-corrected chi connectivity index (χ1v) is 15.3. The Balaban J connectivity index is 1.45. The van der Waals surface area contributed by atoms with Crippen molar-refractivity contribution in [2.45, 2.75) is 59.5 Å². The highest BCUT2D eigenvalue weighted by atomic mass is 35.5. The Hall–Kier alpha value is -3.35. The van der Waals surface area contributed by atoms with Crippen LogP contribution in [0.3, 0.4) is 0 Å². The van der Waals surface area contributed by atoms with Crippen LogP contribution in [0.4, 0.5) is 11.4 Å². The first-order chi connectivity index (χ1) is 19.7. The van der Waals surface area contributed by atoms with Gasteiger partial charge in [0.2, 0.25) is 0 Å². The Labute approximate surface area is 254 Å². The number of thiocarbonyl (C=S) groups is 1. The van der Waals surface area contributed by atoms with E-state index in [4.69, 9.17) is 28.8 Å². The summed E-state index contributed by atoms with van der Waals surface area (Å²) in [5.41, 5.74) is 10.4. The van der Waals surface area contributed by atoms with Gasteiger partial charge in [0.1, 0.15) is 0 Å². The molecule has 7 heteroatoms. The molecular formula is C34H38ClN5S. The minimum Gasteiger partial charge on any atom is -0.370 e. The predicted molar refractivity (Wildman–Crippen MR) is 175 cm³/mol. The average molecular weight is 584 g/mol. The fourth-order valence-electron chi connectivity index (χ4n) is 6.54. The second-order valence-corrected chi connectivity index (χ2v) is 12.5. The molecule has 0 unspecified atom stereocenters. The standard InChI is InChI=1S/C34H38ClN5S/c1-21-14-17-38(18-15-21)31-13-12-26(20-28(31)35)40-33(32(37-34(40)41)29-10-6-7-16-36-29)27-19-23(3)39(25(27)5)30-11-8-9-22(2)24(30)4/h6-13,16,19-21,32-33H,14-15,17-18H2,1-5H3,(H,37,41)/t32-,33+/m1/s1. The SMILES string of the molecule is Cc1cccc(-n2c(C)cc([C@H]3[C@@H](c4ccccn4)NC(=S)N3c3ccc(N4CCC(C)CC4)c(Cl)c3)c2C)c1C. The van der Waals surface area contributed by atoms with Crippen LogP contribution in [0.5, 0.6) is 0 Å². The van der Waals surface area contributed by atoms with E-state index >= 15 is 0 Å². The van der Waals surface area contributed by atoms with Crippen LogP contribution in [0.15, 0.2) is 66.9 Å². The number of rotatable bonds is 5. The number of aromatic nitrogens is 2. The van der Waals surface area contributed by atoms with Crippen molar-refractivity contribution in [3.8, 4) is 5.69 Å². The lowest BCUT2D eigenvalue weighted by Crippen LogP contribution is -2.33. The molecule has 0 amide bonds. The van der Waals surface area contributed by atoms with Crippen molar-refractivity contribution in [1.29, 1.82) is 0 Å². The summed E-state index contributed by atoms with van der Waals surface area (Å²) in [6.07, 6.45) is 4.24. The number of halogens is 1. The molecule has 2 aliphatic rings. The molecule has 2 saturated heterocycles. The van der Waals surface area contributed by atoms with Crippen LogP contribution < -0.4 is 15.1 Å². The molecule has 2 aliphatic heterocycles. The van der Waals surface area contributed by atoms with Crippen LogP contribution in [-0.4, -0.2) is 27.8 Å². The number of hydrogen-bond donors (Lipinski definition) is 1. The van der Waals surface area contributed by atoms with Gasteiger partial charge in [0.25, 0.3) is 0 Å². The van der Waals surface area contributed by atoms with Crippen LogP contribution in [-0.2, 0) is 0 Å². The van der Waals surface area contributed by atoms with E-state index in [-0.39, 0.29) is 12.1 Å². The summed E-state index contributed by atoms with van der Waals surface area (Å²) in [5.74, 6) is 0.768. The van der Waals surface area contributed by atoms with Gasteiger partial charge in [0.05, 0.1) is 28.5 Å². The van der Waals surface area contributed by atoms with Gasteiger partial charge in [0.15, 0.2) is 5.11 Å². The molecule has 2 aromatic carbocycles. The fraction of sp³-hybridized carbons (Fsp3) is 0.353. The number of hydrogen-bond acceptors (Lipinski definition) is 3. The largest absolute Gasteiger partial charge is 0.370 e. The van der Waals surface area contributed by atoms with Crippen molar-refractivity contribution >= 4 is 40.3 Å². The van der Waals surface area contributed by atoms with Gasteiger partial charge >= 0.3 is 0 Å². The molecule has 1 N–H and O–H groups in total. The molecule has 0 spiro atoms. The minimum atomic E-state index is -0.113. The van der Waals surface area contributed by atoms with Gasteiger partial charge in [-0.2, -0.15) is 0 Å². The van der Waals surface area contributed by atoms with Gasteiger partial charge in [0, 0.05) is 42.0 Å². The van der Waals surface area contributed by atoms with E-state index in [1.165, 1.54) is 46.6 Å². The quantitative estimate of drug-likeness (QED) is 0.240. The normalized spacial score (nSPS) is 19.6. The molecule has 4 heterocycles. The summed E-state index contributed by atoms with van der Waals surface area (Å²) in [6, 6.07) is 21.1. The topological polar surface area (TPSA) is 36.3 Å². The zero-order chi connectivity index (χ0) is 28.8. The molecule has 0 saturated carbocycles. The summed E-state index contributed by atoms with van der Waals surface area (Å²) < 4.78 is 2.38. The third-order valence-electron chi connectivity index (χ3n) is 9.04. The van der Waals surface area contributed by atoms with Crippen LogP contribution in [0.25, 0.3) is 5.69 Å². The summed E-state index contributed by atoms with van der Waals surface area (Å²) in [5, 5.41) is 5.06. The molecule has 2 atom stereocenters. The van der Waals surface area contributed by atoms with Crippen molar-refractivity contribution in [1.82, 2.24) is 14.9 Å². The zero-order valence-electron chi connectivity index (χ0n) is 24.5. The number of pyridine rings is 1. The first-order valence-electron chi connectivity index (χ1n) is 14.5. The van der Waals surface area contributed by atoms with Crippen LogP contribution >= 0.6 is 23.8 Å².